The number of rotatable bonds is 5. The number of anilines is 1. The van der Waals surface area contributed by atoms with Crippen LogP contribution >= 0.6 is 12.2 Å². The van der Waals surface area contributed by atoms with E-state index in [1.165, 1.54) is 19.2 Å². The third-order valence-corrected chi connectivity index (χ3v) is 6.86. The lowest BCUT2D eigenvalue weighted by atomic mass is 9.96. The molecule has 0 spiro atoms. The molecule has 1 aliphatic rings. The van der Waals surface area contributed by atoms with E-state index in [0.717, 1.165) is 34.0 Å². The van der Waals surface area contributed by atoms with Crippen LogP contribution in [0.15, 0.2) is 79.0 Å². The molecule has 0 bridgehead atoms. The number of nitrogens with one attached hydrogen (secondary N) is 1. The van der Waals surface area contributed by atoms with E-state index in [4.69, 9.17) is 17.0 Å². The molecule has 8 heteroatoms. The Balaban J connectivity index is 1.69. The molecule has 3 heterocycles. The predicted octanol–water partition coefficient (Wildman–Crippen LogP) is 5.59. The second kappa shape index (κ2) is 9.54. The van der Waals surface area contributed by atoms with Crippen molar-refractivity contribution in [1.82, 2.24) is 14.9 Å². The summed E-state index contributed by atoms with van der Waals surface area (Å²) in [4.78, 5) is 19.1. The van der Waals surface area contributed by atoms with Gasteiger partial charge in [-0.15, -0.1) is 0 Å². The number of esters is 1. The van der Waals surface area contributed by atoms with Crippen LogP contribution in [0.2, 0.25) is 0 Å². The molecule has 5 rings (SSSR count). The van der Waals surface area contributed by atoms with Crippen molar-refractivity contribution in [3.8, 4) is 5.69 Å². The van der Waals surface area contributed by atoms with Crippen LogP contribution in [0.4, 0.5) is 10.1 Å². The molecular weight excluding hydrogens is 475 g/mol. The summed E-state index contributed by atoms with van der Waals surface area (Å²) in [7, 11) is 1.38. The number of para-hydroxylation sites is 1. The number of hydrogen-bond acceptors (Lipinski definition) is 4. The standard InChI is InChI=1S/C28H25FN4O2S/c1-17-16-22(18(2)32(17)24-10-5-4-8-21(24)27(34)35-3)26-25(23-9-6-7-15-30-23)31-28(36)33(26)20-13-11-19(29)12-14-20/h4-16,25-26H,1-3H3,(H,31,36)/t25-,26+/m1/s1. The minimum atomic E-state index is -0.400. The third kappa shape index (κ3) is 4.03. The number of carbonyl (C=O) groups is 1. The van der Waals surface area contributed by atoms with E-state index < -0.39 is 5.97 Å². The molecule has 0 saturated carbocycles. The lowest BCUT2D eigenvalue weighted by molar-refractivity contribution is 0.0600. The Morgan fingerprint density at radius 3 is 2.47 bits per heavy atom. The fourth-order valence-electron chi connectivity index (χ4n) is 4.96. The largest absolute Gasteiger partial charge is 0.465 e. The van der Waals surface area contributed by atoms with Gasteiger partial charge in [-0.3, -0.25) is 4.98 Å². The first-order valence-corrected chi connectivity index (χ1v) is 11.9. The molecule has 0 unspecified atom stereocenters. The zero-order valence-electron chi connectivity index (χ0n) is 20.1. The number of hydrogen-bond donors (Lipinski definition) is 1. The van der Waals surface area contributed by atoms with Gasteiger partial charge in [0.2, 0.25) is 0 Å². The highest BCUT2D eigenvalue weighted by Gasteiger charge is 2.42. The van der Waals surface area contributed by atoms with Gasteiger partial charge in [-0.2, -0.15) is 0 Å². The van der Waals surface area contributed by atoms with E-state index >= 15 is 0 Å². The summed E-state index contributed by atoms with van der Waals surface area (Å²) in [6.45, 7) is 4.03. The van der Waals surface area contributed by atoms with Gasteiger partial charge in [-0.1, -0.05) is 18.2 Å². The second-order valence-electron chi connectivity index (χ2n) is 8.64. The van der Waals surface area contributed by atoms with Crippen LogP contribution in [0.3, 0.4) is 0 Å². The molecule has 182 valence electrons. The molecule has 1 N–H and O–H groups in total. The Labute approximate surface area is 214 Å². The maximum Gasteiger partial charge on any atom is 0.339 e. The van der Waals surface area contributed by atoms with Crippen LogP contribution in [-0.2, 0) is 4.74 Å². The van der Waals surface area contributed by atoms with Crippen molar-refractivity contribution < 1.29 is 13.9 Å². The SMILES string of the molecule is COC(=O)c1ccccc1-n1c(C)cc([C@H]2[C@@H](c3ccccn3)NC(=S)N2c2ccc(F)cc2)c1C. The van der Waals surface area contributed by atoms with Crippen molar-refractivity contribution in [3.63, 3.8) is 0 Å². The summed E-state index contributed by atoms with van der Waals surface area (Å²) in [5.41, 5.74) is 5.75. The van der Waals surface area contributed by atoms with Gasteiger partial charge >= 0.3 is 5.97 Å². The van der Waals surface area contributed by atoms with E-state index in [9.17, 15) is 9.18 Å². The number of aromatic nitrogens is 2. The smallest absolute Gasteiger partial charge is 0.339 e. The Hall–Kier alpha value is -4.04. The average Bonchev–Trinajstić information content (AvgIpc) is 3.39. The Kier molecular flexibility index (Phi) is 6.28. The fourth-order valence-corrected chi connectivity index (χ4v) is 5.31. The molecule has 0 radical (unpaired) electrons. The molecule has 0 aliphatic carbocycles. The summed E-state index contributed by atoms with van der Waals surface area (Å²) in [5, 5.41) is 3.96. The summed E-state index contributed by atoms with van der Waals surface area (Å²) in [6, 6.07) is 21.1. The first-order chi connectivity index (χ1) is 17.4. The van der Waals surface area contributed by atoms with Crippen molar-refractivity contribution in [2.75, 3.05) is 12.0 Å². The van der Waals surface area contributed by atoms with Crippen molar-refractivity contribution in [3.05, 3.63) is 113 Å². The van der Waals surface area contributed by atoms with Crippen LogP contribution in [-0.4, -0.2) is 27.7 Å². The predicted molar refractivity (Wildman–Crippen MR) is 141 cm³/mol. The summed E-state index contributed by atoms with van der Waals surface area (Å²) >= 11 is 5.78. The van der Waals surface area contributed by atoms with Gasteiger partial charge in [0.05, 0.1) is 36.1 Å². The number of aryl methyl sites for hydroxylation is 1. The first kappa shape index (κ1) is 23.7. The molecular formula is C28H25FN4O2S. The maximum atomic E-state index is 13.8. The van der Waals surface area contributed by atoms with Crippen LogP contribution in [0.5, 0.6) is 0 Å². The second-order valence-corrected chi connectivity index (χ2v) is 9.03. The highest BCUT2D eigenvalue weighted by molar-refractivity contribution is 7.80. The highest BCUT2D eigenvalue weighted by Crippen LogP contribution is 2.43. The van der Waals surface area contributed by atoms with Crippen LogP contribution in [0.1, 0.15) is 45.1 Å². The van der Waals surface area contributed by atoms with Crippen molar-refractivity contribution in [2.24, 2.45) is 0 Å². The van der Waals surface area contributed by atoms with E-state index in [1.807, 2.05) is 55.1 Å². The monoisotopic (exact) mass is 500 g/mol. The number of thiocarbonyl (C=S) groups is 1. The van der Waals surface area contributed by atoms with E-state index in [1.54, 1.807) is 24.4 Å². The van der Waals surface area contributed by atoms with Gasteiger partial charge in [0.1, 0.15) is 5.82 Å². The summed E-state index contributed by atoms with van der Waals surface area (Å²) < 4.78 is 20.8. The Morgan fingerprint density at radius 1 is 1.06 bits per heavy atom. The minimum Gasteiger partial charge on any atom is -0.465 e. The molecule has 6 nitrogen and oxygen atoms in total. The molecule has 2 aromatic carbocycles. The molecule has 0 amide bonds. The zero-order valence-corrected chi connectivity index (χ0v) is 20.9. The fraction of sp³-hybridized carbons (Fsp3) is 0.179. The van der Waals surface area contributed by atoms with Gasteiger partial charge in [0.15, 0.2) is 5.11 Å². The third-order valence-electron chi connectivity index (χ3n) is 6.54. The van der Waals surface area contributed by atoms with Crippen LogP contribution in [0.25, 0.3) is 5.69 Å². The number of ether oxygens (including phenoxy) is 1. The van der Waals surface area contributed by atoms with Gasteiger partial charge in [0.25, 0.3) is 0 Å². The number of halogens is 1. The Bertz CT molecular complexity index is 1440. The zero-order chi connectivity index (χ0) is 25.4. The van der Waals surface area contributed by atoms with E-state index in [2.05, 4.69) is 20.9 Å². The van der Waals surface area contributed by atoms with Gasteiger partial charge in [-0.25, -0.2) is 9.18 Å². The number of nitrogens with zero attached hydrogens (tertiary/aromatic N) is 3. The van der Waals surface area contributed by atoms with Gasteiger partial charge < -0.3 is 19.5 Å². The number of pyridine rings is 1. The molecule has 2 atom stereocenters. The van der Waals surface area contributed by atoms with Crippen molar-refractivity contribution in [1.29, 1.82) is 0 Å². The molecule has 1 aliphatic heterocycles. The normalized spacial score (nSPS) is 17.2. The lowest BCUT2D eigenvalue weighted by Crippen LogP contribution is -2.29. The lowest BCUT2D eigenvalue weighted by Gasteiger charge is -2.28. The van der Waals surface area contributed by atoms with Crippen LogP contribution in [0, 0.1) is 19.7 Å². The number of carbonyl (C=O) groups excluding carboxylic acids is 1. The van der Waals surface area contributed by atoms with E-state index in [0.29, 0.717) is 10.7 Å². The first-order valence-electron chi connectivity index (χ1n) is 11.5. The van der Waals surface area contributed by atoms with Gasteiger partial charge in [-0.05, 0) is 86.2 Å². The molecule has 36 heavy (non-hydrogen) atoms. The number of benzene rings is 2. The average molecular weight is 501 g/mol. The summed E-state index contributed by atoms with van der Waals surface area (Å²) in [6.07, 6.45) is 1.76. The van der Waals surface area contributed by atoms with E-state index in [-0.39, 0.29) is 17.9 Å². The maximum absolute atomic E-state index is 13.8. The molecule has 2 aromatic heterocycles. The van der Waals surface area contributed by atoms with Crippen molar-refractivity contribution in [2.45, 2.75) is 25.9 Å². The quantitative estimate of drug-likeness (QED) is 0.285. The minimum absolute atomic E-state index is 0.242. The van der Waals surface area contributed by atoms with Gasteiger partial charge in [0, 0.05) is 23.3 Å². The van der Waals surface area contributed by atoms with Crippen LogP contribution < -0.4 is 10.2 Å². The highest BCUT2D eigenvalue weighted by atomic mass is 32.1. The molecule has 4 aromatic rings. The topological polar surface area (TPSA) is 59.4 Å². The number of methoxy groups -OCH3 is 1. The summed E-state index contributed by atoms with van der Waals surface area (Å²) in [5.74, 6) is -0.713. The molecule has 1 saturated heterocycles. The van der Waals surface area contributed by atoms with Crippen molar-refractivity contribution >= 4 is 29.0 Å². The molecule has 1 fully saturated rings. The Morgan fingerprint density at radius 2 is 1.78 bits per heavy atom.